The lowest BCUT2D eigenvalue weighted by atomic mass is 9.98. The van der Waals surface area contributed by atoms with E-state index in [0.717, 1.165) is 22.3 Å². The van der Waals surface area contributed by atoms with E-state index in [0.29, 0.717) is 35.8 Å². The standard InChI is InChI=1S/C29H29FN4O3/c1-19(2)24-8-3-20(17-25(24)30)18-37-23-6-4-21(5-7-23)26-27(22-9-11-31-12-10-22)32-34-14-13-33(15-16-35)29(36)28(26)34/h3-12,17,19,35H,13-16,18H2,1-2H3. The Balaban J connectivity index is 1.44. The fourth-order valence-electron chi connectivity index (χ4n) is 4.64. The maximum atomic E-state index is 14.3. The van der Waals surface area contributed by atoms with Crippen molar-refractivity contribution in [3.63, 3.8) is 0 Å². The highest BCUT2D eigenvalue weighted by Gasteiger charge is 2.32. The van der Waals surface area contributed by atoms with Crippen LogP contribution in [-0.4, -0.2) is 50.4 Å². The second-order valence-electron chi connectivity index (χ2n) is 9.37. The molecule has 1 N–H and O–H groups in total. The summed E-state index contributed by atoms with van der Waals surface area (Å²) in [6.07, 6.45) is 3.40. The van der Waals surface area contributed by atoms with Crippen LogP contribution in [-0.2, 0) is 13.2 Å². The zero-order valence-corrected chi connectivity index (χ0v) is 20.9. The van der Waals surface area contributed by atoms with Gasteiger partial charge in [0.2, 0.25) is 0 Å². The van der Waals surface area contributed by atoms with Gasteiger partial charge in [-0.15, -0.1) is 0 Å². The van der Waals surface area contributed by atoms with Gasteiger partial charge in [0, 0.05) is 36.6 Å². The summed E-state index contributed by atoms with van der Waals surface area (Å²) in [5.41, 5.74) is 5.07. The summed E-state index contributed by atoms with van der Waals surface area (Å²) in [6, 6.07) is 16.4. The summed E-state index contributed by atoms with van der Waals surface area (Å²) in [4.78, 5) is 19.1. The molecule has 7 nitrogen and oxygen atoms in total. The summed E-state index contributed by atoms with van der Waals surface area (Å²) >= 11 is 0. The van der Waals surface area contributed by atoms with E-state index < -0.39 is 0 Å². The van der Waals surface area contributed by atoms with Crippen LogP contribution in [0, 0.1) is 5.82 Å². The lowest BCUT2D eigenvalue weighted by Gasteiger charge is -2.27. The van der Waals surface area contributed by atoms with Gasteiger partial charge in [-0.3, -0.25) is 14.5 Å². The molecule has 1 aliphatic rings. The Morgan fingerprint density at radius 3 is 2.46 bits per heavy atom. The monoisotopic (exact) mass is 500 g/mol. The van der Waals surface area contributed by atoms with Crippen LogP contribution in [0.5, 0.6) is 5.75 Å². The molecular formula is C29H29FN4O3. The van der Waals surface area contributed by atoms with Gasteiger partial charge < -0.3 is 14.7 Å². The molecule has 1 aliphatic heterocycles. The molecule has 0 atom stereocenters. The molecule has 4 aromatic rings. The van der Waals surface area contributed by atoms with E-state index in [1.807, 2.05) is 62.4 Å². The number of amides is 1. The number of benzene rings is 2. The molecule has 0 radical (unpaired) electrons. The molecular weight excluding hydrogens is 471 g/mol. The van der Waals surface area contributed by atoms with Gasteiger partial charge in [-0.2, -0.15) is 5.10 Å². The Bertz CT molecular complexity index is 1400. The maximum Gasteiger partial charge on any atom is 0.272 e. The average Bonchev–Trinajstić information content (AvgIpc) is 3.30. The molecule has 8 heteroatoms. The number of rotatable bonds is 8. The van der Waals surface area contributed by atoms with Crippen molar-refractivity contribution >= 4 is 5.91 Å². The van der Waals surface area contributed by atoms with Crippen LogP contribution in [0.3, 0.4) is 0 Å². The number of halogens is 1. The predicted octanol–water partition coefficient (Wildman–Crippen LogP) is 4.90. The number of nitrogens with zero attached hydrogens (tertiary/aromatic N) is 4. The van der Waals surface area contributed by atoms with E-state index in [-0.39, 0.29) is 37.4 Å². The first kappa shape index (κ1) is 24.6. The molecule has 0 fully saturated rings. The third kappa shape index (κ3) is 4.97. The Morgan fingerprint density at radius 2 is 1.78 bits per heavy atom. The quantitative estimate of drug-likeness (QED) is 0.372. The van der Waals surface area contributed by atoms with E-state index in [1.165, 1.54) is 6.07 Å². The summed E-state index contributed by atoms with van der Waals surface area (Å²) in [5, 5.41) is 14.2. The summed E-state index contributed by atoms with van der Waals surface area (Å²) in [7, 11) is 0. The van der Waals surface area contributed by atoms with Crippen molar-refractivity contribution in [2.45, 2.75) is 32.9 Å². The van der Waals surface area contributed by atoms with Crippen LogP contribution in [0.15, 0.2) is 67.0 Å². The fraction of sp³-hybridized carbons (Fsp3) is 0.276. The number of aliphatic hydroxyl groups excluding tert-OH is 1. The third-order valence-corrected chi connectivity index (χ3v) is 6.58. The molecule has 37 heavy (non-hydrogen) atoms. The number of pyridine rings is 1. The van der Waals surface area contributed by atoms with Gasteiger partial charge in [-0.1, -0.05) is 38.1 Å². The molecule has 0 saturated carbocycles. The zero-order valence-electron chi connectivity index (χ0n) is 20.9. The minimum atomic E-state index is -0.221. The van der Waals surface area contributed by atoms with Crippen molar-refractivity contribution in [2.75, 3.05) is 19.7 Å². The number of aliphatic hydroxyl groups is 1. The van der Waals surface area contributed by atoms with E-state index in [4.69, 9.17) is 9.84 Å². The van der Waals surface area contributed by atoms with E-state index in [9.17, 15) is 14.3 Å². The molecule has 3 heterocycles. The number of β-amino-alcohol motifs (C(OH)–C–C–N with tert-alkyl or cyclic N) is 1. The Morgan fingerprint density at radius 1 is 1.03 bits per heavy atom. The van der Waals surface area contributed by atoms with Crippen LogP contribution in [0.25, 0.3) is 22.4 Å². The van der Waals surface area contributed by atoms with Gasteiger partial charge in [0.25, 0.3) is 5.91 Å². The maximum absolute atomic E-state index is 14.3. The number of ether oxygens (including phenoxy) is 1. The topological polar surface area (TPSA) is 80.5 Å². The molecule has 0 spiro atoms. The fourth-order valence-corrected chi connectivity index (χ4v) is 4.64. The molecule has 0 bridgehead atoms. The minimum absolute atomic E-state index is 0.0947. The molecule has 0 aliphatic carbocycles. The first-order valence-corrected chi connectivity index (χ1v) is 12.4. The van der Waals surface area contributed by atoms with Gasteiger partial charge in [-0.05, 0) is 52.9 Å². The van der Waals surface area contributed by atoms with Crippen molar-refractivity contribution < 1.29 is 19.0 Å². The molecule has 190 valence electrons. The SMILES string of the molecule is CC(C)c1ccc(COc2ccc(-c3c(-c4ccncc4)nn4c3C(=O)N(CCO)CC4)cc2)cc1F. The second-order valence-corrected chi connectivity index (χ2v) is 9.37. The Kier molecular flexibility index (Phi) is 7.01. The molecule has 0 unspecified atom stereocenters. The summed E-state index contributed by atoms with van der Waals surface area (Å²) < 4.78 is 22.0. The highest BCUT2D eigenvalue weighted by molar-refractivity contribution is 6.03. The van der Waals surface area contributed by atoms with Crippen LogP contribution in [0.2, 0.25) is 0 Å². The highest BCUT2D eigenvalue weighted by atomic mass is 19.1. The number of carbonyl (C=O) groups is 1. The molecule has 5 rings (SSSR count). The number of hydrogen-bond donors (Lipinski definition) is 1. The first-order chi connectivity index (χ1) is 18.0. The van der Waals surface area contributed by atoms with Gasteiger partial charge in [0.05, 0.1) is 13.2 Å². The van der Waals surface area contributed by atoms with Gasteiger partial charge >= 0.3 is 0 Å². The van der Waals surface area contributed by atoms with Gasteiger partial charge in [0.15, 0.2) is 0 Å². The first-order valence-electron chi connectivity index (χ1n) is 12.4. The van der Waals surface area contributed by atoms with Gasteiger partial charge in [0.1, 0.15) is 29.6 Å². The predicted molar refractivity (Wildman–Crippen MR) is 139 cm³/mol. The van der Waals surface area contributed by atoms with Crippen molar-refractivity contribution in [1.82, 2.24) is 19.7 Å². The van der Waals surface area contributed by atoms with Crippen LogP contribution >= 0.6 is 0 Å². The van der Waals surface area contributed by atoms with Crippen molar-refractivity contribution in [2.24, 2.45) is 0 Å². The highest BCUT2D eigenvalue weighted by Crippen LogP contribution is 2.37. The smallest absolute Gasteiger partial charge is 0.272 e. The van der Waals surface area contributed by atoms with E-state index in [2.05, 4.69) is 4.98 Å². The van der Waals surface area contributed by atoms with Crippen LogP contribution in [0.1, 0.15) is 41.4 Å². The van der Waals surface area contributed by atoms with Crippen molar-refractivity contribution in [3.8, 4) is 28.1 Å². The Labute approximate surface area is 215 Å². The summed E-state index contributed by atoms with van der Waals surface area (Å²) in [5.74, 6) is 0.379. The molecule has 1 amide bonds. The number of fused-ring (bicyclic) bond motifs is 1. The minimum Gasteiger partial charge on any atom is -0.489 e. The molecule has 2 aromatic carbocycles. The van der Waals surface area contributed by atoms with E-state index >= 15 is 0 Å². The van der Waals surface area contributed by atoms with Crippen LogP contribution in [0.4, 0.5) is 4.39 Å². The lowest BCUT2D eigenvalue weighted by molar-refractivity contribution is 0.0662. The number of carbonyl (C=O) groups excluding carboxylic acids is 1. The second kappa shape index (κ2) is 10.5. The van der Waals surface area contributed by atoms with Crippen molar-refractivity contribution in [1.29, 1.82) is 0 Å². The number of hydrogen-bond acceptors (Lipinski definition) is 5. The Hall–Kier alpha value is -4.04. The lowest BCUT2D eigenvalue weighted by Crippen LogP contribution is -2.42. The third-order valence-electron chi connectivity index (χ3n) is 6.58. The zero-order chi connectivity index (χ0) is 25.9. The summed E-state index contributed by atoms with van der Waals surface area (Å²) in [6.45, 7) is 5.40. The molecule has 0 saturated heterocycles. The van der Waals surface area contributed by atoms with E-state index in [1.54, 1.807) is 22.0 Å². The number of aromatic nitrogens is 3. The van der Waals surface area contributed by atoms with Crippen molar-refractivity contribution in [3.05, 3.63) is 89.6 Å². The molecule has 2 aromatic heterocycles. The normalized spacial score (nSPS) is 13.2. The average molecular weight is 501 g/mol. The largest absolute Gasteiger partial charge is 0.489 e. The van der Waals surface area contributed by atoms with Gasteiger partial charge in [-0.25, -0.2) is 4.39 Å². The van der Waals surface area contributed by atoms with Crippen LogP contribution < -0.4 is 4.74 Å².